The minimum absolute atomic E-state index is 0.344. The van der Waals surface area contributed by atoms with Gasteiger partial charge in [0, 0.05) is 61.8 Å². The zero-order valence-electron chi connectivity index (χ0n) is 30.5. The van der Waals surface area contributed by atoms with Crippen molar-refractivity contribution in [1.29, 1.82) is 5.41 Å². The lowest BCUT2D eigenvalue weighted by Crippen LogP contribution is -2.72. The molecule has 3 aliphatic rings. The van der Waals surface area contributed by atoms with Gasteiger partial charge >= 0.3 is 0 Å². The first-order chi connectivity index (χ1) is 25.1. The molecule has 52 heavy (non-hydrogen) atoms. The maximum atomic E-state index is 13.5. The topological polar surface area (TPSA) is 149 Å². The third-order valence-corrected chi connectivity index (χ3v) is 12.9. The molecule has 14 heteroatoms. The maximum Gasteiger partial charge on any atom is 0.229 e. The maximum absolute atomic E-state index is 13.5. The number of benzene rings is 2. The molecular formula is C38H49BrN10O2P+. The average Bonchev–Trinajstić information content (AvgIpc) is 3.97. The van der Waals surface area contributed by atoms with Crippen LogP contribution in [0.5, 0.6) is 5.75 Å². The van der Waals surface area contributed by atoms with E-state index in [1.807, 2.05) is 36.8 Å². The predicted molar refractivity (Wildman–Crippen MR) is 215 cm³/mol. The van der Waals surface area contributed by atoms with Gasteiger partial charge in [0.2, 0.25) is 5.95 Å². The number of hydrogen-bond donors (Lipinski definition) is 4. The van der Waals surface area contributed by atoms with Gasteiger partial charge in [-0.15, -0.1) is 0 Å². The molecule has 7 rings (SSSR count). The molecule has 274 valence electrons. The molecule has 5 N–H and O–H groups in total. The summed E-state index contributed by atoms with van der Waals surface area (Å²) < 4.78 is 20.1. The zero-order valence-corrected chi connectivity index (χ0v) is 32.9. The summed E-state index contributed by atoms with van der Waals surface area (Å²) in [6.45, 7) is 9.16. The average molecular weight is 789 g/mol. The second-order valence-corrected chi connectivity index (χ2v) is 18.8. The van der Waals surface area contributed by atoms with Crippen molar-refractivity contribution < 1.29 is 14.6 Å². The number of likely N-dealkylation sites (tertiary alicyclic amines) is 1. The Morgan fingerprint density at radius 1 is 1.06 bits per heavy atom. The molecule has 1 spiro atoms. The van der Waals surface area contributed by atoms with Crippen LogP contribution in [0.25, 0.3) is 16.6 Å². The first-order valence-electron chi connectivity index (χ1n) is 18.2. The van der Waals surface area contributed by atoms with Crippen molar-refractivity contribution in [2.24, 2.45) is 11.3 Å². The lowest BCUT2D eigenvalue weighted by molar-refractivity contribution is -0.555. The SMILES string of the molecule is C[NH2+]C=C(C=N)c1cc(Nc2ncc(Br)c(Nc3ccc4nccnc4c3P(C)(C)=O)n2)c(OC)cc1N1CCC2(CCN(CC3CC3)CC2)CC1. The standard InChI is InChI=1S/C38H48BrN10O2P/c1-41-22-26(21-40)27-19-31(33(51-2)20-32(27)49-17-11-38(12-18-49)9-15-48(16-10-38)24-25-5-6-25)46-37-44-23-28(39)36(47-37)45-30-8-7-29-34(43-14-13-42-29)35(30)52(3,4)50/h7-8,13-14,19-23,25,40-41H,5-6,9-12,15-18,24H2,1-4H3,(H2,44,45,46,47)/p+1. The number of quaternary nitrogens is 1. The van der Waals surface area contributed by atoms with Crippen LogP contribution in [0.4, 0.5) is 28.8 Å². The molecular weight excluding hydrogens is 739 g/mol. The van der Waals surface area contributed by atoms with Crippen LogP contribution in [0, 0.1) is 16.7 Å². The zero-order chi connectivity index (χ0) is 36.5. The van der Waals surface area contributed by atoms with Crippen LogP contribution >= 0.6 is 23.1 Å². The molecule has 4 heterocycles. The van der Waals surface area contributed by atoms with Gasteiger partial charge in [0.25, 0.3) is 0 Å². The van der Waals surface area contributed by atoms with Crippen LogP contribution in [0.1, 0.15) is 44.1 Å². The van der Waals surface area contributed by atoms with Gasteiger partial charge in [0.05, 0.1) is 46.4 Å². The Balaban J connectivity index is 1.16. The van der Waals surface area contributed by atoms with Gasteiger partial charge in [-0.2, -0.15) is 4.98 Å². The Morgan fingerprint density at radius 3 is 2.46 bits per heavy atom. The number of nitrogens with two attached hydrogens (primary N) is 1. The number of aromatic nitrogens is 4. The summed E-state index contributed by atoms with van der Waals surface area (Å²) in [6, 6.07) is 7.84. The normalized spacial score (nSPS) is 18.1. The summed E-state index contributed by atoms with van der Waals surface area (Å²) in [7, 11) is 0.869. The number of fused-ring (bicyclic) bond motifs is 1. The predicted octanol–water partition coefficient (Wildman–Crippen LogP) is 6.20. The second-order valence-electron chi connectivity index (χ2n) is 14.8. The van der Waals surface area contributed by atoms with E-state index in [2.05, 4.69) is 57.4 Å². The van der Waals surface area contributed by atoms with E-state index >= 15 is 0 Å². The lowest BCUT2D eigenvalue weighted by atomic mass is 9.71. The van der Waals surface area contributed by atoms with Gasteiger partial charge in [-0.1, -0.05) is 0 Å². The Hall–Kier alpha value is -3.90. The fraction of sp³-hybridized carbons (Fsp3) is 0.447. The number of halogens is 1. The number of allylic oxidation sites excluding steroid dienone is 1. The Bertz CT molecular complexity index is 2030. The minimum atomic E-state index is -2.77. The highest BCUT2D eigenvalue weighted by molar-refractivity contribution is 9.10. The van der Waals surface area contributed by atoms with E-state index in [0.29, 0.717) is 55.1 Å². The molecule has 2 aliphatic heterocycles. The largest absolute Gasteiger partial charge is 0.494 e. The Labute approximate surface area is 314 Å². The molecule has 3 fully saturated rings. The molecule has 0 unspecified atom stereocenters. The van der Waals surface area contributed by atoms with Crippen LogP contribution in [0.2, 0.25) is 0 Å². The van der Waals surface area contributed by atoms with E-state index in [-0.39, 0.29) is 0 Å². The summed E-state index contributed by atoms with van der Waals surface area (Å²) in [4.78, 5) is 23.5. The second kappa shape index (κ2) is 15.2. The van der Waals surface area contributed by atoms with Gasteiger partial charge in [-0.25, -0.2) is 4.98 Å². The van der Waals surface area contributed by atoms with Gasteiger partial charge in [0.15, 0.2) is 0 Å². The molecule has 2 aromatic carbocycles. The monoisotopic (exact) mass is 787 g/mol. The van der Waals surface area contributed by atoms with Crippen molar-refractivity contribution in [3.8, 4) is 5.75 Å². The van der Waals surface area contributed by atoms with Crippen molar-refractivity contribution in [3.05, 3.63) is 59.1 Å². The number of rotatable bonds is 12. The van der Waals surface area contributed by atoms with Gasteiger partial charge in [0.1, 0.15) is 30.4 Å². The molecule has 0 bridgehead atoms. The van der Waals surface area contributed by atoms with E-state index in [0.717, 1.165) is 35.8 Å². The molecule has 0 atom stereocenters. The lowest BCUT2D eigenvalue weighted by Gasteiger charge is -2.47. The smallest absolute Gasteiger partial charge is 0.229 e. The fourth-order valence-electron chi connectivity index (χ4n) is 7.75. The minimum Gasteiger partial charge on any atom is -0.494 e. The first-order valence-corrected chi connectivity index (χ1v) is 21.5. The summed E-state index contributed by atoms with van der Waals surface area (Å²) in [5.74, 6) is 2.44. The van der Waals surface area contributed by atoms with Crippen LogP contribution < -0.4 is 30.9 Å². The molecule has 2 saturated heterocycles. The highest BCUT2D eigenvalue weighted by Crippen LogP contribution is 2.46. The Kier molecular flexibility index (Phi) is 10.7. The van der Waals surface area contributed by atoms with Crippen molar-refractivity contribution in [2.45, 2.75) is 38.5 Å². The molecule has 12 nitrogen and oxygen atoms in total. The number of ether oxygens (including phenoxy) is 1. The van der Waals surface area contributed by atoms with E-state index in [9.17, 15) is 4.57 Å². The van der Waals surface area contributed by atoms with Crippen molar-refractivity contribution in [1.82, 2.24) is 24.8 Å². The van der Waals surface area contributed by atoms with Gasteiger partial charge in [-0.3, -0.25) is 9.97 Å². The number of nitrogens with one attached hydrogen (secondary N) is 3. The van der Waals surface area contributed by atoms with E-state index in [1.165, 1.54) is 64.4 Å². The Morgan fingerprint density at radius 2 is 1.79 bits per heavy atom. The number of hydrogen-bond acceptors (Lipinski definition) is 11. The summed E-state index contributed by atoms with van der Waals surface area (Å²) >= 11 is 3.60. The van der Waals surface area contributed by atoms with Crippen molar-refractivity contribution in [3.63, 3.8) is 0 Å². The molecule has 2 aromatic heterocycles. The first kappa shape index (κ1) is 36.5. The van der Waals surface area contributed by atoms with E-state index in [1.54, 1.807) is 39.0 Å². The number of piperidine rings is 2. The van der Waals surface area contributed by atoms with E-state index < -0.39 is 7.14 Å². The van der Waals surface area contributed by atoms with Crippen molar-refractivity contribution in [2.75, 3.05) is 75.7 Å². The molecule has 4 aromatic rings. The number of anilines is 5. The fourth-order valence-corrected chi connectivity index (χ4v) is 9.44. The summed E-state index contributed by atoms with van der Waals surface area (Å²) in [6.07, 6.45) is 16.1. The molecule has 0 radical (unpaired) electrons. The molecule has 1 aliphatic carbocycles. The third kappa shape index (κ3) is 7.88. The van der Waals surface area contributed by atoms with Crippen LogP contribution in [0.15, 0.2) is 53.5 Å². The summed E-state index contributed by atoms with van der Waals surface area (Å²) in [5.41, 5.74) is 5.85. The number of methoxy groups -OCH3 is 1. The molecule has 1 saturated carbocycles. The van der Waals surface area contributed by atoms with Crippen LogP contribution in [-0.2, 0) is 4.57 Å². The van der Waals surface area contributed by atoms with E-state index in [4.69, 9.17) is 15.1 Å². The highest BCUT2D eigenvalue weighted by atomic mass is 79.9. The highest BCUT2D eigenvalue weighted by Gasteiger charge is 2.39. The third-order valence-electron chi connectivity index (χ3n) is 10.8. The van der Waals surface area contributed by atoms with Crippen molar-refractivity contribution >= 4 is 80.0 Å². The van der Waals surface area contributed by atoms with Gasteiger partial charge < -0.3 is 40.5 Å². The summed E-state index contributed by atoms with van der Waals surface area (Å²) in [5, 5.41) is 17.7. The van der Waals surface area contributed by atoms with Crippen LogP contribution in [-0.4, -0.2) is 91.3 Å². The van der Waals surface area contributed by atoms with Crippen LogP contribution in [0.3, 0.4) is 0 Å². The number of nitrogens with zero attached hydrogens (tertiary/aromatic N) is 6. The quantitative estimate of drug-likeness (QED) is 0.0966. The molecule has 0 amide bonds. The van der Waals surface area contributed by atoms with Gasteiger partial charge in [-0.05, 0) is 110 Å².